The van der Waals surface area contributed by atoms with Crippen LogP contribution in [0.4, 0.5) is 11.4 Å². The second-order valence-corrected chi connectivity index (χ2v) is 11.8. The van der Waals surface area contributed by atoms with Gasteiger partial charge in [-0.15, -0.1) is 0 Å². The van der Waals surface area contributed by atoms with Gasteiger partial charge in [0.15, 0.2) is 0 Å². The Morgan fingerprint density at radius 3 is 1.26 bits per heavy atom. The summed E-state index contributed by atoms with van der Waals surface area (Å²) in [4.78, 5) is 22.2. The van der Waals surface area contributed by atoms with Crippen molar-refractivity contribution < 1.29 is 36.6 Å². The lowest BCUT2D eigenvalue weighted by atomic mass is 10.1. The smallest absolute Gasteiger partial charge is 0.335 e. The number of carboxylic acid groups (broad SMARTS) is 2. The van der Waals surface area contributed by atoms with E-state index in [1.165, 1.54) is 72.8 Å². The molecule has 0 fully saturated rings. The average Bonchev–Trinajstić information content (AvgIpc) is 2.89. The van der Waals surface area contributed by atoms with E-state index in [1.54, 1.807) is 24.3 Å². The number of sulfonamides is 2. The zero-order valence-electron chi connectivity index (χ0n) is 20.1. The van der Waals surface area contributed by atoms with Crippen molar-refractivity contribution in [3.8, 4) is 0 Å². The van der Waals surface area contributed by atoms with Crippen LogP contribution in [0.3, 0.4) is 0 Å². The molecule has 0 atom stereocenters. The summed E-state index contributed by atoms with van der Waals surface area (Å²) in [5.74, 6) is -2.35. The largest absolute Gasteiger partial charge is 0.478 e. The van der Waals surface area contributed by atoms with Crippen LogP contribution in [-0.4, -0.2) is 39.0 Å². The molecule has 0 heterocycles. The molecular weight excluding hydrogens is 544 g/mol. The van der Waals surface area contributed by atoms with Crippen molar-refractivity contribution in [2.24, 2.45) is 0 Å². The van der Waals surface area contributed by atoms with Gasteiger partial charge in [0.1, 0.15) is 0 Å². The predicted octanol–water partition coefficient (Wildman–Crippen LogP) is 4.28. The predicted molar refractivity (Wildman–Crippen MR) is 144 cm³/mol. The van der Waals surface area contributed by atoms with E-state index in [2.05, 4.69) is 9.44 Å². The molecule has 0 saturated carbocycles. The molecule has 0 spiro atoms. The fraction of sp³-hybridized carbons (Fsp3) is 0.0370. The van der Waals surface area contributed by atoms with E-state index >= 15 is 0 Å². The zero-order valence-corrected chi connectivity index (χ0v) is 21.7. The van der Waals surface area contributed by atoms with E-state index in [-0.39, 0.29) is 32.3 Å². The molecule has 4 rings (SSSR count). The third kappa shape index (κ3) is 6.80. The monoisotopic (exact) mass is 566 g/mol. The first-order valence-corrected chi connectivity index (χ1v) is 14.3. The molecule has 4 N–H and O–H groups in total. The van der Waals surface area contributed by atoms with Crippen molar-refractivity contribution in [2.45, 2.75) is 16.2 Å². The highest BCUT2D eigenvalue weighted by atomic mass is 32.2. The lowest BCUT2D eigenvalue weighted by Crippen LogP contribution is -2.13. The maximum absolute atomic E-state index is 12.7. The highest BCUT2D eigenvalue weighted by Gasteiger charge is 2.17. The second kappa shape index (κ2) is 11.0. The summed E-state index contributed by atoms with van der Waals surface area (Å²) in [7, 11) is -7.90. The SMILES string of the molecule is O=C(O)c1cccc(NS(=O)(=O)c2ccc(Cc3ccc(S(=O)(=O)Nc4cccc(C(=O)O)c4)cc3)cc2)c1. The van der Waals surface area contributed by atoms with Gasteiger partial charge in [-0.25, -0.2) is 26.4 Å². The fourth-order valence-electron chi connectivity index (χ4n) is 3.67. The van der Waals surface area contributed by atoms with Gasteiger partial charge in [-0.1, -0.05) is 36.4 Å². The van der Waals surface area contributed by atoms with Gasteiger partial charge in [0.25, 0.3) is 20.0 Å². The number of carbonyl (C=O) groups is 2. The Hall–Kier alpha value is -4.68. The minimum absolute atomic E-state index is 0.00791. The van der Waals surface area contributed by atoms with Crippen LogP contribution in [0.5, 0.6) is 0 Å². The number of nitrogens with one attached hydrogen (secondary N) is 2. The Kier molecular flexibility index (Phi) is 7.70. The van der Waals surface area contributed by atoms with Crippen molar-refractivity contribution in [3.05, 3.63) is 119 Å². The molecule has 0 unspecified atom stereocenters. The molecule has 0 radical (unpaired) electrons. The van der Waals surface area contributed by atoms with Crippen molar-refractivity contribution in [2.75, 3.05) is 9.44 Å². The van der Waals surface area contributed by atoms with E-state index in [9.17, 15) is 26.4 Å². The Bertz CT molecular complexity index is 1620. The molecule has 0 aliphatic heterocycles. The number of aromatic carboxylic acids is 2. The van der Waals surface area contributed by atoms with E-state index in [4.69, 9.17) is 10.2 Å². The van der Waals surface area contributed by atoms with E-state index in [0.29, 0.717) is 6.42 Å². The van der Waals surface area contributed by atoms with Crippen LogP contribution in [0.25, 0.3) is 0 Å². The number of hydrogen-bond donors (Lipinski definition) is 4. The molecule has 39 heavy (non-hydrogen) atoms. The van der Waals surface area contributed by atoms with Gasteiger partial charge in [0.05, 0.1) is 20.9 Å². The maximum atomic E-state index is 12.7. The Labute approximate surface area is 224 Å². The lowest BCUT2D eigenvalue weighted by molar-refractivity contribution is 0.0686. The lowest BCUT2D eigenvalue weighted by Gasteiger charge is -2.10. The molecule has 0 aromatic heterocycles. The van der Waals surface area contributed by atoms with Gasteiger partial charge in [-0.05, 0) is 78.2 Å². The third-order valence-corrected chi connectivity index (χ3v) is 8.39. The van der Waals surface area contributed by atoms with Crippen molar-refractivity contribution in [1.82, 2.24) is 0 Å². The van der Waals surface area contributed by atoms with E-state index < -0.39 is 32.0 Å². The molecule has 0 aliphatic carbocycles. The van der Waals surface area contributed by atoms with Gasteiger partial charge < -0.3 is 10.2 Å². The fourth-order valence-corrected chi connectivity index (χ4v) is 5.77. The van der Waals surface area contributed by atoms with E-state index in [0.717, 1.165) is 11.1 Å². The van der Waals surface area contributed by atoms with Gasteiger partial charge >= 0.3 is 11.9 Å². The van der Waals surface area contributed by atoms with Gasteiger partial charge in [-0.2, -0.15) is 0 Å². The van der Waals surface area contributed by atoms with Gasteiger partial charge in [-0.3, -0.25) is 9.44 Å². The first kappa shape index (κ1) is 27.4. The van der Waals surface area contributed by atoms with Crippen LogP contribution < -0.4 is 9.44 Å². The average molecular weight is 567 g/mol. The summed E-state index contributed by atoms with van der Waals surface area (Å²) in [6.45, 7) is 0. The normalized spacial score (nSPS) is 11.5. The highest BCUT2D eigenvalue weighted by Crippen LogP contribution is 2.21. The van der Waals surface area contributed by atoms with Crippen molar-refractivity contribution >= 4 is 43.4 Å². The zero-order chi connectivity index (χ0) is 28.2. The van der Waals surface area contributed by atoms with Crippen LogP contribution in [0.1, 0.15) is 31.8 Å². The molecule has 4 aromatic carbocycles. The van der Waals surface area contributed by atoms with Crippen LogP contribution >= 0.6 is 0 Å². The van der Waals surface area contributed by atoms with Crippen molar-refractivity contribution in [1.29, 1.82) is 0 Å². The maximum Gasteiger partial charge on any atom is 0.335 e. The summed E-state index contributed by atoms with van der Waals surface area (Å²) in [6, 6.07) is 23.1. The molecule has 4 aromatic rings. The van der Waals surface area contributed by atoms with Gasteiger partial charge in [0.2, 0.25) is 0 Å². The highest BCUT2D eigenvalue weighted by molar-refractivity contribution is 7.93. The summed E-state index contributed by atoms with van der Waals surface area (Å²) >= 11 is 0. The molecule has 12 heteroatoms. The molecule has 10 nitrogen and oxygen atoms in total. The third-order valence-electron chi connectivity index (χ3n) is 5.60. The Balaban J connectivity index is 1.43. The molecule has 200 valence electrons. The number of hydrogen-bond acceptors (Lipinski definition) is 6. The first-order valence-electron chi connectivity index (χ1n) is 11.3. The number of rotatable bonds is 10. The number of anilines is 2. The summed E-state index contributed by atoms with van der Waals surface area (Å²) < 4.78 is 55.6. The van der Waals surface area contributed by atoms with Crippen LogP contribution in [0.15, 0.2) is 107 Å². The molecule has 0 saturated heterocycles. The minimum atomic E-state index is -3.95. The molecular formula is C27H22N2O8S2. The summed E-state index contributed by atoms with van der Waals surface area (Å²) in [5.41, 5.74) is 1.71. The molecule has 0 aliphatic rings. The van der Waals surface area contributed by atoms with Crippen LogP contribution in [-0.2, 0) is 26.5 Å². The number of carboxylic acids is 2. The second-order valence-electron chi connectivity index (χ2n) is 8.45. The summed E-state index contributed by atoms with van der Waals surface area (Å²) in [6.07, 6.45) is 0.406. The quantitative estimate of drug-likeness (QED) is 0.221. The minimum Gasteiger partial charge on any atom is -0.478 e. The topological polar surface area (TPSA) is 167 Å². The van der Waals surface area contributed by atoms with Crippen LogP contribution in [0, 0.1) is 0 Å². The Morgan fingerprint density at radius 1 is 0.564 bits per heavy atom. The molecule has 0 bridgehead atoms. The summed E-state index contributed by atoms with van der Waals surface area (Å²) in [5, 5.41) is 18.2. The van der Waals surface area contributed by atoms with Crippen LogP contribution in [0.2, 0.25) is 0 Å². The first-order chi connectivity index (χ1) is 18.4. The van der Waals surface area contributed by atoms with E-state index in [1.807, 2.05) is 0 Å². The number of benzene rings is 4. The Morgan fingerprint density at radius 2 is 0.923 bits per heavy atom. The molecule has 0 amide bonds. The van der Waals surface area contributed by atoms with Gasteiger partial charge in [0, 0.05) is 11.4 Å². The standard InChI is InChI=1S/C27H22N2O8S2/c30-26(31)20-3-1-5-22(16-20)28-38(34,35)24-11-7-18(8-12-24)15-19-9-13-25(14-10-19)39(36,37)29-23-6-2-4-21(17-23)27(32)33/h1-14,16-17,28-29H,15H2,(H,30,31)(H,32,33). The van der Waals surface area contributed by atoms with Crippen molar-refractivity contribution in [3.63, 3.8) is 0 Å².